The molecule has 1 aliphatic heterocycles. The molecule has 0 aromatic rings. The zero-order chi connectivity index (χ0) is 7.72. The van der Waals surface area contributed by atoms with Gasteiger partial charge in [0.2, 0.25) is 0 Å². The Morgan fingerprint density at radius 3 is 2.50 bits per heavy atom. The van der Waals surface area contributed by atoms with Crippen LogP contribution in [-0.2, 0) is 0 Å². The average Bonchev–Trinajstić information content (AvgIpc) is 2.13. The van der Waals surface area contributed by atoms with Crippen molar-refractivity contribution >= 4 is 6.09 Å². The molecule has 0 saturated carbocycles. The maximum absolute atomic E-state index is 12.6. The molecule has 58 valence electrons. The van der Waals surface area contributed by atoms with Crippen LogP contribution in [0.1, 0.15) is 6.92 Å². The molecular formula is C6H10FNO2. The summed E-state index contributed by atoms with van der Waals surface area (Å²) in [6.45, 7) is 2.08. The molecular weight excluding hydrogens is 137 g/mol. The number of halogens is 1. The van der Waals surface area contributed by atoms with Crippen LogP contribution >= 0.6 is 0 Å². The molecule has 2 atom stereocenters. The summed E-state index contributed by atoms with van der Waals surface area (Å²) in [5, 5.41) is 8.41. The Bertz CT molecular complexity index is 141. The summed E-state index contributed by atoms with van der Waals surface area (Å²) < 4.78 is 12.6. The molecule has 1 amide bonds. The molecule has 1 aliphatic rings. The summed E-state index contributed by atoms with van der Waals surface area (Å²) in [5.74, 6) is -0.143. The number of carboxylic acid groups (broad SMARTS) is 1. The van der Waals surface area contributed by atoms with E-state index in [1.165, 1.54) is 0 Å². The fourth-order valence-electron chi connectivity index (χ4n) is 1.08. The lowest BCUT2D eigenvalue weighted by Gasteiger charge is -2.08. The Kier molecular flexibility index (Phi) is 1.78. The Morgan fingerprint density at radius 1 is 1.70 bits per heavy atom. The highest BCUT2D eigenvalue weighted by atomic mass is 19.1. The first-order valence-electron chi connectivity index (χ1n) is 3.23. The lowest BCUT2D eigenvalue weighted by Crippen LogP contribution is -2.26. The minimum absolute atomic E-state index is 0.0382. The third kappa shape index (κ3) is 1.20. The Hall–Kier alpha value is -0.800. The van der Waals surface area contributed by atoms with Gasteiger partial charge in [-0.3, -0.25) is 0 Å². The molecule has 0 aliphatic carbocycles. The van der Waals surface area contributed by atoms with Crippen LogP contribution < -0.4 is 0 Å². The highest BCUT2D eigenvalue weighted by molar-refractivity contribution is 5.65. The van der Waals surface area contributed by atoms with Gasteiger partial charge >= 0.3 is 6.09 Å². The smallest absolute Gasteiger partial charge is 0.407 e. The first-order valence-corrected chi connectivity index (χ1v) is 3.23. The summed E-state index contributed by atoms with van der Waals surface area (Å²) in [6.07, 6.45) is -2.00. The van der Waals surface area contributed by atoms with Gasteiger partial charge in [0.05, 0.1) is 6.54 Å². The van der Waals surface area contributed by atoms with Crippen LogP contribution in [0.25, 0.3) is 0 Å². The van der Waals surface area contributed by atoms with Crippen molar-refractivity contribution in [2.24, 2.45) is 5.92 Å². The molecule has 0 aromatic heterocycles. The molecule has 1 heterocycles. The van der Waals surface area contributed by atoms with Crippen LogP contribution in [0.3, 0.4) is 0 Å². The number of carbonyl (C=O) groups is 1. The number of amides is 1. The van der Waals surface area contributed by atoms with Crippen LogP contribution in [0.5, 0.6) is 0 Å². The van der Waals surface area contributed by atoms with Crippen molar-refractivity contribution in [1.82, 2.24) is 4.90 Å². The fourth-order valence-corrected chi connectivity index (χ4v) is 1.08. The van der Waals surface area contributed by atoms with Gasteiger partial charge in [0, 0.05) is 12.5 Å². The second-order valence-electron chi connectivity index (χ2n) is 2.68. The van der Waals surface area contributed by atoms with Gasteiger partial charge < -0.3 is 10.0 Å². The lowest BCUT2D eigenvalue weighted by atomic mass is 10.1. The number of alkyl halides is 1. The highest BCUT2D eigenvalue weighted by Crippen LogP contribution is 2.18. The van der Waals surface area contributed by atoms with E-state index < -0.39 is 12.3 Å². The topological polar surface area (TPSA) is 40.5 Å². The van der Waals surface area contributed by atoms with Gasteiger partial charge in [0.15, 0.2) is 0 Å². The van der Waals surface area contributed by atoms with Crippen molar-refractivity contribution in [3.05, 3.63) is 0 Å². The Labute approximate surface area is 58.4 Å². The number of likely N-dealkylation sites (tertiary alicyclic amines) is 1. The molecule has 4 heteroatoms. The third-order valence-electron chi connectivity index (χ3n) is 1.79. The zero-order valence-electron chi connectivity index (χ0n) is 5.75. The van der Waals surface area contributed by atoms with E-state index in [9.17, 15) is 9.18 Å². The van der Waals surface area contributed by atoms with Crippen LogP contribution in [0.15, 0.2) is 0 Å². The summed E-state index contributed by atoms with van der Waals surface area (Å²) in [7, 11) is 0. The molecule has 3 nitrogen and oxygen atoms in total. The van der Waals surface area contributed by atoms with Crippen molar-refractivity contribution in [1.29, 1.82) is 0 Å². The quantitative estimate of drug-likeness (QED) is 0.554. The average molecular weight is 147 g/mol. The first kappa shape index (κ1) is 7.31. The molecule has 0 spiro atoms. The van der Waals surface area contributed by atoms with Crippen molar-refractivity contribution in [3.8, 4) is 0 Å². The van der Waals surface area contributed by atoms with E-state index in [4.69, 9.17) is 5.11 Å². The normalized spacial score (nSPS) is 32.8. The lowest BCUT2D eigenvalue weighted by molar-refractivity contribution is 0.152. The van der Waals surface area contributed by atoms with Crippen LogP contribution in [0.2, 0.25) is 0 Å². The van der Waals surface area contributed by atoms with E-state index in [0.29, 0.717) is 6.54 Å². The van der Waals surface area contributed by atoms with E-state index in [2.05, 4.69) is 0 Å². The predicted molar refractivity (Wildman–Crippen MR) is 33.7 cm³/mol. The molecule has 1 rings (SSSR count). The van der Waals surface area contributed by atoms with Gasteiger partial charge in [-0.1, -0.05) is 6.92 Å². The van der Waals surface area contributed by atoms with E-state index in [1.54, 1.807) is 6.92 Å². The molecule has 0 aromatic carbocycles. The largest absolute Gasteiger partial charge is 0.465 e. The molecule has 1 N–H and O–H groups in total. The van der Waals surface area contributed by atoms with Gasteiger partial charge in [0.1, 0.15) is 6.17 Å². The third-order valence-corrected chi connectivity index (χ3v) is 1.79. The standard InChI is InChI=1S/C6H10FNO2/c1-4-2-8(6(9)10)3-5(4)7/h4-5H,2-3H2,1H3,(H,9,10). The summed E-state index contributed by atoms with van der Waals surface area (Å²) in [6, 6.07) is 0. The van der Waals surface area contributed by atoms with Gasteiger partial charge in [-0.15, -0.1) is 0 Å². The fraction of sp³-hybridized carbons (Fsp3) is 0.833. The minimum Gasteiger partial charge on any atom is -0.465 e. The maximum Gasteiger partial charge on any atom is 0.407 e. The second-order valence-corrected chi connectivity index (χ2v) is 2.68. The molecule has 0 bridgehead atoms. The highest BCUT2D eigenvalue weighted by Gasteiger charge is 2.31. The van der Waals surface area contributed by atoms with Crippen molar-refractivity contribution in [2.45, 2.75) is 13.1 Å². The predicted octanol–water partition coefficient (Wildman–Crippen LogP) is 0.954. The van der Waals surface area contributed by atoms with Gasteiger partial charge in [-0.25, -0.2) is 9.18 Å². The van der Waals surface area contributed by atoms with E-state index >= 15 is 0 Å². The SMILES string of the molecule is CC1CN(C(=O)O)CC1F. The number of hydrogen-bond acceptors (Lipinski definition) is 1. The van der Waals surface area contributed by atoms with Crippen LogP contribution in [-0.4, -0.2) is 35.4 Å². The zero-order valence-corrected chi connectivity index (χ0v) is 5.75. The Morgan fingerprint density at radius 2 is 2.30 bits per heavy atom. The first-order chi connectivity index (χ1) is 4.61. The van der Waals surface area contributed by atoms with Crippen molar-refractivity contribution in [3.63, 3.8) is 0 Å². The summed E-state index contributed by atoms with van der Waals surface area (Å²) >= 11 is 0. The van der Waals surface area contributed by atoms with Crippen molar-refractivity contribution in [2.75, 3.05) is 13.1 Å². The van der Waals surface area contributed by atoms with Gasteiger partial charge in [0.25, 0.3) is 0 Å². The van der Waals surface area contributed by atoms with E-state index in [1.807, 2.05) is 0 Å². The number of hydrogen-bond donors (Lipinski definition) is 1. The molecule has 1 saturated heterocycles. The molecule has 2 unspecified atom stereocenters. The maximum atomic E-state index is 12.6. The van der Waals surface area contributed by atoms with E-state index in [0.717, 1.165) is 4.90 Å². The van der Waals surface area contributed by atoms with Crippen molar-refractivity contribution < 1.29 is 14.3 Å². The van der Waals surface area contributed by atoms with Crippen LogP contribution in [0.4, 0.5) is 9.18 Å². The Balaban J connectivity index is 2.49. The summed E-state index contributed by atoms with van der Waals surface area (Å²) in [4.78, 5) is 11.4. The van der Waals surface area contributed by atoms with Crippen LogP contribution in [0, 0.1) is 5.92 Å². The second kappa shape index (κ2) is 2.44. The van der Waals surface area contributed by atoms with Gasteiger partial charge in [-0.2, -0.15) is 0 Å². The summed E-state index contributed by atoms with van der Waals surface area (Å²) in [5.41, 5.74) is 0. The number of nitrogens with zero attached hydrogens (tertiary/aromatic N) is 1. The molecule has 0 radical (unpaired) electrons. The van der Waals surface area contributed by atoms with Gasteiger partial charge in [-0.05, 0) is 0 Å². The number of rotatable bonds is 0. The van der Waals surface area contributed by atoms with E-state index in [-0.39, 0.29) is 12.5 Å². The molecule has 1 fully saturated rings. The monoisotopic (exact) mass is 147 g/mol. The minimum atomic E-state index is -1.02. The molecule has 10 heavy (non-hydrogen) atoms.